The average Bonchev–Trinajstić information content (AvgIpc) is 2.93. The lowest BCUT2D eigenvalue weighted by Gasteiger charge is -2.23. The van der Waals surface area contributed by atoms with Gasteiger partial charge in [0.1, 0.15) is 0 Å². The fourth-order valence-electron chi connectivity index (χ4n) is 4.44. The van der Waals surface area contributed by atoms with Crippen LogP contribution in [0, 0.1) is 5.92 Å². The van der Waals surface area contributed by atoms with Crippen molar-refractivity contribution in [2.75, 3.05) is 0 Å². The first-order chi connectivity index (χ1) is 19.4. The molecular weight excluding hydrogens is 522 g/mol. The number of amides is 1. The van der Waals surface area contributed by atoms with Crippen LogP contribution in [0.1, 0.15) is 62.1 Å². The summed E-state index contributed by atoms with van der Waals surface area (Å²) in [6, 6.07) is 15.9. The van der Waals surface area contributed by atoms with Gasteiger partial charge < -0.3 is 10.4 Å². The molecule has 2 N–H and O–H groups in total. The third kappa shape index (κ3) is 11.1. The number of carbonyl (C=O) groups is 2. The quantitative estimate of drug-likeness (QED) is 0.125. The Morgan fingerprint density at radius 2 is 1.85 bits per heavy atom. The Morgan fingerprint density at radius 1 is 1.07 bits per heavy atom. The number of rotatable bonds is 12. The minimum absolute atomic E-state index is 0.0531. The van der Waals surface area contributed by atoms with E-state index >= 15 is 0 Å². The number of carboxylic acid groups (broad SMARTS) is 1. The van der Waals surface area contributed by atoms with Crippen LogP contribution in [0.4, 0.5) is 0 Å². The second kappa shape index (κ2) is 17.0. The Kier molecular flexibility index (Phi) is 13.1. The summed E-state index contributed by atoms with van der Waals surface area (Å²) in [6.45, 7) is 1.71. The molecule has 2 unspecified atom stereocenters. The van der Waals surface area contributed by atoms with E-state index in [1.807, 2.05) is 12.1 Å². The number of carboxylic acids is 1. The molecule has 0 saturated heterocycles. The van der Waals surface area contributed by atoms with Crippen molar-refractivity contribution < 1.29 is 14.7 Å². The number of carbonyl (C=O) groups excluding carboxylic acids is 1. The first-order valence-electron chi connectivity index (χ1n) is 13.9. The molecule has 0 saturated carbocycles. The number of unbranched alkanes of at least 4 members (excludes halogenated alkanes) is 1. The van der Waals surface area contributed by atoms with Crippen molar-refractivity contribution >= 4 is 35.9 Å². The molecule has 0 aromatic heterocycles. The van der Waals surface area contributed by atoms with Gasteiger partial charge in [0.25, 0.3) is 5.91 Å². The minimum Gasteiger partial charge on any atom is -0.481 e. The highest BCUT2D eigenvalue weighted by atomic mass is 35.5. The van der Waals surface area contributed by atoms with Crippen LogP contribution < -0.4 is 5.32 Å². The van der Waals surface area contributed by atoms with Crippen LogP contribution in [0.25, 0.3) is 0 Å². The predicted molar refractivity (Wildman–Crippen MR) is 164 cm³/mol. The molecule has 40 heavy (non-hydrogen) atoms. The van der Waals surface area contributed by atoms with Crippen molar-refractivity contribution in [3.05, 3.63) is 106 Å². The van der Waals surface area contributed by atoms with E-state index < -0.39 is 5.97 Å². The zero-order chi connectivity index (χ0) is 28.6. The van der Waals surface area contributed by atoms with E-state index in [1.54, 1.807) is 62.1 Å². The SMILES string of the molecule is CC(CCCC=N/C=C/C(=C\C=C\N=Cc1ccc(Cl)cc1)C(=O)NC1CCCCc2ccccc2C1)C(=O)O. The summed E-state index contributed by atoms with van der Waals surface area (Å²) in [5.74, 6) is -1.30. The van der Waals surface area contributed by atoms with Gasteiger partial charge >= 0.3 is 5.97 Å². The molecule has 0 radical (unpaired) electrons. The van der Waals surface area contributed by atoms with Gasteiger partial charge in [-0.1, -0.05) is 61.3 Å². The van der Waals surface area contributed by atoms with Gasteiger partial charge in [0, 0.05) is 41.5 Å². The van der Waals surface area contributed by atoms with Gasteiger partial charge in [0.05, 0.1) is 5.92 Å². The Labute approximate surface area is 242 Å². The second-order valence-electron chi connectivity index (χ2n) is 10.00. The second-order valence-corrected chi connectivity index (χ2v) is 10.4. The maximum Gasteiger partial charge on any atom is 0.306 e. The number of fused-ring (bicyclic) bond motifs is 1. The molecule has 2 atom stereocenters. The first-order valence-corrected chi connectivity index (χ1v) is 14.2. The molecule has 1 aliphatic carbocycles. The number of halogens is 1. The monoisotopic (exact) mass is 559 g/mol. The molecule has 6 nitrogen and oxygen atoms in total. The molecule has 210 valence electrons. The lowest BCUT2D eigenvalue weighted by Crippen LogP contribution is -2.37. The molecule has 0 bridgehead atoms. The molecular formula is C33H38ClN3O3. The summed E-state index contributed by atoms with van der Waals surface area (Å²) < 4.78 is 0. The predicted octanol–water partition coefficient (Wildman–Crippen LogP) is 7.13. The standard InChI is InChI=1S/C33H38ClN3O3/c1-25(33(39)40)9-6-7-20-35-22-19-28(13-8-21-36-24-26-15-17-30(34)18-16-26)32(38)37-31-14-5-4-11-27-10-2-3-12-29(27)23-31/h2-3,8,10,12-13,15-22,24-25,31H,4-7,9,11,14,23H2,1H3,(H,37,38)(H,39,40)/b21-8+,22-19+,28-13+,35-20?,36-24?. The van der Waals surface area contributed by atoms with Crippen LogP contribution in [0.15, 0.2) is 94.7 Å². The summed E-state index contributed by atoms with van der Waals surface area (Å²) >= 11 is 5.93. The zero-order valence-electron chi connectivity index (χ0n) is 23.0. The number of nitrogens with one attached hydrogen (secondary N) is 1. The molecule has 0 aliphatic heterocycles. The van der Waals surface area contributed by atoms with Crippen molar-refractivity contribution in [1.29, 1.82) is 0 Å². The summed E-state index contributed by atoms with van der Waals surface area (Å²) in [6.07, 6.45) is 18.9. The smallest absolute Gasteiger partial charge is 0.306 e. The number of aliphatic carboxylic acids is 1. The highest BCUT2D eigenvalue weighted by Crippen LogP contribution is 2.20. The third-order valence-electron chi connectivity index (χ3n) is 6.81. The van der Waals surface area contributed by atoms with Crippen LogP contribution in [0.2, 0.25) is 5.02 Å². The van der Waals surface area contributed by atoms with E-state index in [4.69, 9.17) is 16.7 Å². The molecule has 7 heteroatoms. The largest absolute Gasteiger partial charge is 0.481 e. The van der Waals surface area contributed by atoms with E-state index in [0.29, 0.717) is 23.4 Å². The number of aryl methyl sites for hydroxylation is 1. The van der Waals surface area contributed by atoms with Crippen LogP contribution in [0.3, 0.4) is 0 Å². The summed E-state index contributed by atoms with van der Waals surface area (Å²) in [4.78, 5) is 32.9. The molecule has 2 aromatic carbocycles. The van der Waals surface area contributed by atoms with Gasteiger partial charge in [-0.15, -0.1) is 0 Å². The van der Waals surface area contributed by atoms with Gasteiger partial charge in [-0.3, -0.25) is 19.6 Å². The van der Waals surface area contributed by atoms with E-state index in [2.05, 4.69) is 39.6 Å². The van der Waals surface area contributed by atoms with Crippen LogP contribution in [-0.4, -0.2) is 35.5 Å². The van der Waals surface area contributed by atoms with Crippen LogP contribution in [-0.2, 0) is 22.4 Å². The van der Waals surface area contributed by atoms with Gasteiger partial charge in [-0.25, -0.2) is 0 Å². The summed E-state index contributed by atoms with van der Waals surface area (Å²) in [5.41, 5.74) is 4.06. The first kappa shape index (κ1) is 30.8. The van der Waals surface area contributed by atoms with Crippen LogP contribution in [0.5, 0.6) is 0 Å². The molecule has 1 aliphatic rings. The highest BCUT2D eigenvalue weighted by molar-refractivity contribution is 6.30. The Bertz CT molecular complexity index is 1260. The van der Waals surface area contributed by atoms with E-state index in [9.17, 15) is 9.59 Å². The van der Waals surface area contributed by atoms with Crippen molar-refractivity contribution in [2.45, 2.75) is 64.3 Å². The highest BCUT2D eigenvalue weighted by Gasteiger charge is 2.18. The maximum absolute atomic E-state index is 13.3. The number of aliphatic imine (C=N–C) groups is 2. The lowest BCUT2D eigenvalue weighted by atomic mass is 9.90. The van der Waals surface area contributed by atoms with Crippen molar-refractivity contribution in [2.24, 2.45) is 15.9 Å². The maximum atomic E-state index is 13.3. The molecule has 0 spiro atoms. The van der Waals surface area contributed by atoms with Crippen molar-refractivity contribution in [3.8, 4) is 0 Å². The fraction of sp³-hybridized carbons (Fsp3) is 0.333. The number of benzene rings is 2. The normalized spacial score (nSPS) is 17.2. The van der Waals surface area contributed by atoms with Gasteiger partial charge in [-0.05, 0) is 92.0 Å². The third-order valence-corrected chi connectivity index (χ3v) is 7.06. The zero-order valence-corrected chi connectivity index (χ0v) is 23.8. The van der Waals surface area contributed by atoms with E-state index in [1.165, 1.54) is 11.1 Å². The van der Waals surface area contributed by atoms with Gasteiger partial charge in [-0.2, -0.15) is 0 Å². The topological polar surface area (TPSA) is 91.1 Å². The fourth-order valence-corrected chi connectivity index (χ4v) is 4.57. The number of hydrogen-bond acceptors (Lipinski definition) is 4. The van der Waals surface area contributed by atoms with E-state index in [0.717, 1.165) is 44.1 Å². The summed E-state index contributed by atoms with van der Waals surface area (Å²) in [7, 11) is 0. The van der Waals surface area contributed by atoms with Crippen LogP contribution >= 0.6 is 11.6 Å². The van der Waals surface area contributed by atoms with Gasteiger partial charge in [0.15, 0.2) is 0 Å². The Hall–Kier alpha value is -3.77. The van der Waals surface area contributed by atoms with Gasteiger partial charge in [0.2, 0.25) is 0 Å². The Morgan fingerprint density at radius 3 is 2.62 bits per heavy atom. The molecule has 2 aromatic rings. The molecule has 0 heterocycles. The number of allylic oxidation sites excluding steroid dienone is 2. The van der Waals surface area contributed by atoms with Crippen molar-refractivity contribution in [3.63, 3.8) is 0 Å². The molecule has 1 amide bonds. The Balaban J connectivity index is 1.66. The molecule has 3 rings (SSSR count). The lowest BCUT2D eigenvalue weighted by molar-refractivity contribution is -0.141. The number of nitrogens with zero attached hydrogens (tertiary/aromatic N) is 2. The average molecular weight is 560 g/mol. The van der Waals surface area contributed by atoms with Crippen molar-refractivity contribution in [1.82, 2.24) is 5.32 Å². The molecule has 0 fully saturated rings. The minimum atomic E-state index is -0.782. The number of hydrogen-bond donors (Lipinski definition) is 2. The van der Waals surface area contributed by atoms with E-state index in [-0.39, 0.29) is 17.9 Å². The summed E-state index contributed by atoms with van der Waals surface area (Å²) in [5, 5.41) is 12.9.